The highest BCUT2D eigenvalue weighted by Crippen LogP contribution is 2.42. The topological polar surface area (TPSA) is 33.3 Å². The quantitative estimate of drug-likeness (QED) is 0.149. The van der Waals surface area contributed by atoms with Crippen LogP contribution in [-0.4, -0.2) is 27.5 Å². The van der Waals surface area contributed by atoms with Gasteiger partial charge in [0.15, 0.2) is 0 Å². The highest BCUT2D eigenvalue weighted by Gasteiger charge is 2.21. The van der Waals surface area contributed by atoms with E-state index >= 15 is 0 Å². The van der Waals surface area contributed by atoms with Gasteiger partial charge in [0, 0.05) is 23.0 Å². The van der Waals surface area contributed by atoms with E-state index in [-0.39, 0.29) is 5.41 Å². The molecule has 0 amide bonds. The molecule has 0 N–H and O–H groups in total. The van der Waals surface area contributed by atoms with Crippen LogP contribution in [0.2, 0.25) is 0 Å². The second-order valence-electron chi connectivity index (χ2n) is 12.8. The largest absolute Gasteiger partial charge is 0.458 e. The van der Waals surface area contributed by atoms with Crippen molar-refractivity contribution in [2.75, 3.05) is 11.9 Å². The van der Waals surface area contributed by atoms with Crippen LogP contribution in [0.15, 0.2) is 134 Å². The van der Waals surface area contributed by atoms with Gasteiger partial charge in [-0.1, -0.05) is 99.6 Å². The molecule has 224 valence electrons. The summed E-state index contributed by atoms with van der Waals surface area (Å²) in [6.45, 7) is 6.69. The van der Waals surface area contributed by atoms with Crippen LogP contribution in [0.1, 0.15) is 26.3 Å². The molecule has 0 spiro atoms. The molecule has 0 saturated heterocycles. The lowest BCUT2D eigenvalue weighted by Crippen LogP contribution is -2.19. The normalized spacial score (nSPS) is 12.9. The summed E-state index contributed by atoms with van der Waals surface area (Å²) in [7, 11) is 2.04. The van der Waals surface area contributed by atoms with Crippen molar-refractivity contribution in [2.24, 2.45) is 0 Å². The summed E-state index contributed by atoms with van der Waals surface area (Å²) >= 11 is 0. The molecule has 46 heavy (non-hydrogen) atoms. The number of aromatic nitrogens is 2. The average molecular weight is 599 g/mol. The number of anilines is 2. The maximum Gasteiger partial charge on any atom is 0.245 e. The van der Waals surface area contributed by atoms with Crippen LogP contribution in [0.3, 0.4) is 0 Å². The molecule has 3 heterocycles. The number of para-hydroxylation sites is 3. The van der Waals surface area contributed by atoms with E-state index in [9.17, 15) is 0 Å². The third-order valence-electron chi connectivity index (χ3n) is 8.75. The van der Waals surface area contributed by atoms with Crippen molar-refractivity contribution in [2.45, 2.75) is 26.2 Å². The van der Waals surface area contributed by atoms with Gasteiger partial charge in [-0.2, -0.15) is 0 Å². The summed E-state index contributed by atoms with van der Waals surface area (Å²) in [5.41, 5.74) is 8.88. The second-order valence-corrected chi connectivity index (χ2v) is 12.8. The zero-order valence-electron chi connectivity index (χ0n) is 26.4. The summed E-state index contributed by atoms with van der Waals surface area (Å²) in [5.74, 6) is 2.40. The predicted octanol–water partition coefficient (Wildman–Crippen LogP) is 10.3. The van der Waals surface area contributed by atoms with E-state index in [4.69, 9.17) is 9.72 Å². The molecule has 5 nitrogen and oxygen atoms in total. The van der Waals surface area contributed by atoms with Crippen LogP contribution < -0.4 is 9.64 Å². The number of rotatable bonds is 4. The summed E-state index contributed by atoms with van der Waals surface area (Å²) in [4.78, 5) is 6.93. The molecule has 0 unspecified atom stereocenters. The Labute approximate surface area is 269 Å². The fourth-order valence-corrected chi connectivity index (χ4v) is 6.43. The van der Waals surface area contributed by atoms with E-state index in [0.29, 0.717) is 0 Å². The minimum atomic E-state index is 0.01000. The Hall–Kier alpha value is -5.68. The van der Waals surface area contributed by atoms with Gasteiger partial charge >= 0.3 is 0 Å². The number of fused-ring (bicyclic) bond motifs is 6. The zero-order valence-corrected chi connectivity index (χ0v) is 26.4. The summed E-state index contributed by atoms with van der Waals surface area (Å²) in [5, 5.41) is 2.35. The van der Waals surface area contributed by atoms with Gasteiger partial charge in [0.2, 0.25) is 6.34 Å². The van der Waals surface area contributed by atoms with E-state index < -0.39 is 0 Å². The maximum atomic E-state index is 6.59. The van der Waals surface area contributed by atoms with Gasteiger partial charge in [-0.15, -0.1) is 0 Å². The molecule has 7 aromatic rings. The molecule has 0 atom stereocenters. The van der Waals surface area contributed by atoms with E-state index in [1.165, 1.54) is 16.5 Å². The molecule has 1 aliphatic heterocycles. The van der Waals surface area contributed by atoms with Crippen molar-refractivity contribution < 1.29 is 9.31 Å². The Morgan fingerprint density at radius 3 is 2.28 bits per heavy atom. The predicted molar refractivity (Wildman–Crippen MR) is 189 cm³/mol. The van der Waals surface area contributed by atoms with Crippen LogP contribution in [0.4, 0.5) is 17.1 Å². The molecule has 0 saturated carbocycles. The molecular formula is C41H34N4O. The molecule has 2 aromatic heterocycles. The Morgan fingerprint density at radius 2 is 1.41 bits per heavy atom. The highest BCUT2D eigenvalue weighted by molar-refractivity contribution is 6.09. The van der Waals surface area contributed by atoms with Crippen molar-refractivity contribution in [1.82, 2.24) is 9.55 Å². The van der Waals surface area contributed by atoms with Crippen LogP contribution in [0, 0.1) is 0 Å². The first-order chi connectivity index (χ1) is 22.3. The zero-order chi connectivity index (χ0) is 31.4. The lowest BCUT2D eigenvalue weighted by atomic mass is 9.88. The fraction of sp³-hybridized carbons (Fsp3) is 0.122. The smallest absolute Gasteiger partial charge is 0.245 e. The monoisotopic (exact) mass is 598 g/mol. The first-order valence-corrected chi connectivity index (χ1v) is 15.6. The Bertz CT molecular complexity index is 2310. The van der Waals surface area contributed by atoms with Crippen molar-refractivity contribution in [3.63, 3.8) is 0 Å². The number of pyridine rings is 1. The number of ether oxygens (including phenoxy) is 1. The number of nitrogens with zero attached hydrogens (tertiary/aromatic N) is 4. The average Bonchev–Trinajstić information content (AvgIpc) is 3.34. The molecule has 8 rings (SSSR count). The Morgan fingerprint density at radius 1 is 0.674 bits per heavy atom. The van der Waals surface area contributed by atoms with Gasteiger partial charge in [0.1, 0.15) is 17.3 Å². The van der Waals surface area contributed by atoms with E-state index in [2.05, 4.69) is 156 Å². The lowest BCUT2D eigenvalue weighted by Gasteiger charge is -2.22. The van der Waals surface area contributed by atoms with E-state index in [0.717, 1.165) is 56.4 Å². The molecule has 0 aliphatic carbocycles. The number of benzene rings is 5. The molecule has 0 fully saturated rings. The molecule has 1 aliphatic rings. The third kappa shape index (κ3) is 4.72. The fourth-order valence-electron chi connectivity index (χ4n) is 6.43. The summed E-state index contributed by atoms with van der Waals surface area (Å²) in [6, 6.07) is 44.2. The van der Waals surface area contributed by atoms with Gasteiger partial charge in [-0.3, -0.25) is 4.57 Å². The summed E-state index contributed by atoms with van der Waals surface area (Å²) < 4.78 is 10.9. The minimum absolute atomic E-state index is 0.01000. The Balaban J connectivity index is 1.21. The van der Waals surface area contributed by atoms with Crippen LogP contribution >= 0.6 is 0 Å². The van der Waals surface area contributed by atoms with Crippen molar-refractivity contribution in [3.8, 4) is 28.4 Å². The second kappa shape index (κ2) is 10.7. The molecular weight excluding hydrogens is 564 g/mol. The SMILES string of the molecule is C[N+]1=[C-]N(c2cccc(Oc3ccc4c5ccccc5n(-c5cc(C(C)(C)C)ccn5)c4c3)c2)c2ccccc2-c2ccccc21. The van der Waals surface area contributed by atoms with E-state index in [1.807, 2.05) is 25.4 Å². The van der Waals surface area contributed by atoms with Crippen molar-refractivity contribution in [1.29, 1.82) is 0 Å². The van der Waals surface area contributed by atoms with Gasteiger partial charge in [-0.25, -0.2) is 4.98 Å². The van der Waals surface area contributed by atoms with Gasteiger partial charge in [-0.05, 0) is 64.6 Å². The highest BCUT2D eigenvalue weighted by atomic mass is 16.5. The first-order valence-electron chi connectivity index (χ1n) is 15.6. The van der Waals surface area contributed by atoms with Crippen molar-refractivity contribution in [3.05, 3.63) is 139 Å². The van der Waals surface area contributed by atoms with Gasteiger partial charge in [0.25, 0.3) is 0 Å². The molecule has 5 heteroatoms. The first kappa shape index (κ1) is 27.8. The molecule has 5 aromatic carbocycles. The third-order valence-corrected chi connectivity index (χ3v) is 8.75. The number of hydrogen-bond acceptors (Lipinski definition) is 3. The molecule has 0 radical (unpaired) electrons. The Kier molecular flexibility index (Phi) is 6.50. The van der Waals surface area contributed by atoms with E-state index in [1.54, 1.807) is 0 Å². The van der Waals surface area contributed by atoms with Crippen LogP contribution in [0.5, 0.6) is 11.5 Å². The lowest BCUT2D eigenvalue weighted by molar-refractivity contribution is -0.399. The standard InChI is InChI=1S/C41H34N4O/c1-41(2,3)28-22-23-42-40(24-28)45-38-19-10-7-16-34(38)35-21-20-31(26-39(35)45)46-30-13-11-12-29(25-30)44-27-43(4)36-17-8-5-14-32(36)33-15-6-9-18-37(33)44/h5-26H,1-4H3. The van der Waals surface area contributed by atoms with Crippen LogP contribution in [0.25, 0.3) is 38.8 Å². The molecule has 0 bridgehead atoms. The van der Waals surface area contributed by atoms with Gasteiger partial charge < -0.3 is 14.2 Å². The maximum absolute atomic E-state index is 6.59. The summed E-state index contributed by atoms with van der Waals surface area (Å²) in [6.07, 6.45) is 5.49. The minimum Gasteiger partial charge on any atom is -0.458 e. The number of hydrogen-bond donors (Lipinski definition) is 0. The van der Waals surface area contributed by atoms with Crippen LogP contribution in [-0.2, 0) is 5.41 Å². The van der Waals surface area contributed by atoms with Gasteiger partial charge in [0.05, 0.1) is 35.1 Å². The van der Waals surface area contributed by atoms with Crippen molar-refractivity contribution >= 4 is 45.2 Å².